The summed E-state index contributed by atoms with van der Waals surface area (Å²) in [6.45, 7) is 0.299. The number of amides is 1. The Kier molecular flexibility index (Phi) is 6.21. The van der Waals surface area contributed by atoms with Crippen LogP contribution in [0, 0.1) is 0 Å². The highest BCUT2D eigenvalue weighted by molar-refractivity contribution is 6.46. The Morgan fingerprint density at radius 3 is 2.44 bits per heavy atom. The average molecular weight is 483 g/mol. The molecule has 0 spiro atoms. The van der Waals surface area contributed by atoms with E-state index < -0.39 is 17.7 Å². The second kappa shape index (κ2) is 9.62. The molecule has 0 aliphatic carbocycles. The third-order valence-corrected chi connectivity index (χ3v) is 6.61. The number of ketones is 1. The molecule has 2 N–H and O–H groups in total. The molecule has 2 heterocycles. The first kappa shape index (κ1) is 23.2. The van der Waals surface area contributed by atoms with Crippen LogP contribution in [0.2, 0.25) is 0 Å². The fraction of sp³-hybridized carbons (Fsp3) is 0.172. The van der Waals surface area contributed by atoms with Gasteiger partial charge in [-0.25, -0.2) is 0 Å². The monoisotopic (exact) mass is 482 g/mol. The number of H-pyrrole nitrogens is 1. The van der Waals surface area contributed by atoms with Gasteiger partial charge in [-0.15, -0.1) is 0 Å². The number of carbonyl (C=O) groups excluding carboxylic acids is 2. The highest BCUT2D eigenvalue weighted by Gasteiger charge is 2.46. The molecule has 7 nitrogen and oxygen atoms in total. The molecule has 0 bridgehead atoms. The Morgan fingerprint density at radius 2 is 1.69 bits per heavy atom. The zero-order valence-electron chi connectivity index (χ0n) is 20.0. The van der Waals surface area contributed by atoms with E-state index >= 15 is 0 Å². The number of nitrogens with zero attached hydrogens (tertiary/aromatic N) is 1. The van der Waals surface area contributed by atoms with Gasteiger partial charge in [0.1, 0.15) is 17.3 Å². The lowest BCUT2D eigenvalue weighted by molar-refractivity contribution is -0.139. The third kappa shape index (κ3) is 4.09. The smallest absolute Gasteiger partial charge is 0.295 e. The number of hydrogen-bond acceptors (Lipinski definition) is 5. The van der Waals surface area contributed by atoms with Crippen molar-refractivity contribution >= 4 is 28.4 Å². The Morgan fingerprint density at radius 1 is 0.944 bits per heavy atom. The third-order valence-electron chi connectivity index (χ3n) is 6.61. The number of fused-ring (bicyclic) bond motifs is 1. The summed E-state index contributed by atoms with van der Waals surface area (Å²) in [5, 5.41) is 12.3. The minimum absolute atomic E-state index is 0.0531. The Labute approximate surface area is 208 Å². The molecule has 1 saturated heterocycles. The summed E-state index contributed by atoms with van der Waals surface area (Å²) in [6, 6.07) is 21.1. The van der Waals surface area contributed by atoms with Crippen molar-refractivity contribution in [1.29, 1.82) is 0 Å². The number of Topliss-reactive ketones (excluding diaryl/α,β-unsaturated/α-hetero) is 1. The molecule has 1 atom stereocenters. The summed E-state index contributed by atoms with van der Waals surface area (Å²) < 4.78 is 10.6. The van der Waals surface area contributed by atoms with Crippen LogP contribution in [0.1, 0.15) is 22.7 Å². The quantitative estimate of drug-likeness (QED) is 0.223. The zero-order chi connectivity index (χ0) is 25.2. The molecule has 5 rings (SSSR count). The van der Waals surface area contributed by atoms with Crippen molar-refractivity contribution in [3.63, 3.8) is 0 Å². The number of aliphatic hydroxyl groups excluding tert-OH is 1. The molecule has 1 aliphatic heterocycles. The number of hydrogen-bond donors (Lipinski definition) is 2. The van der Waals surface area contributed by atoms with Crippen molar-refractivity contribution in [3.8, 4) is 11.5 Å². The summed E-state index contributed by atoms with van der Waals surface area (Å²) in [5.41, 5.74) is 3.23. The van der Waals surface area contributed by atoms with Crippen molar-refractivity contribution in [3.05, 3.63) is 101 Å². The van der Waals surface area contributed by atoms with Crippen LogP contribution in [0.3, 0.4) is 0 Å². The molecule has 0 unspecified atom stereocenters. The number of benzene rings is 3. The average Bonchev–Trinajstić information content (AvgIpc) is 3.45. The van der Waals surface area contributed by atoms with Gasteiger partial charge in [0.25, 0.3) is 11.7 Å². The van der Waals surface area contributed by atoms with Crippen LogP contribution in [0.4, 0.5) is 0 Å². The van der Waals surface area contributed by atoms with E-state index in [2.05, 4.69) is 4.98 Å². The minimum Gasteiger partial charge on any atom is -0.507 e. The van der Waals surface area contributed by atoms with Crippen LogP contribution in [0.25, 0.3) is 16.7 Å². The summed E-state index contributed by atoms with van der Waals surface area (Å²) in [6.07, 6.45) is 2.47. The second-order valence-corrected chi connectivity index (χ2v) is 8.61. The standard InChI is InChI=1S/C29H26N2O5/c1-35-21-12-10-18(11-13-21)27(32)25-26(19-6-5-7-22(16-19)36-2)31(29(34)28(25)33)15-14-20-17-30-24-9-4-3-8-23(20)24/h3-13,16-17,26,30,32H,14-15H2,1-2H3/t26-/m1/s1. The first-order chi connectivity index (χ1) is 17.5. The highest BCUT2D eigenvalue weighted by Crippen LogP contribution is 2.40. The minimum atomic E-state index is -0.757. The molecule has 1 amide bonds. The number of carbonyl (C=O) groups is 2. The van der Waals surface area contributed by atoms with Gasteiger partial charge in [-0.3, -0.25) is 9.59 Å². The van der Waals surface area contributed by atoms with Gasteiger partial charge < -0.3 is 24.5 Å². The fourth-order valence-electron chi connectivity index (χ4n) is 4.75. The number of nitrogens with one attached hydrogen (secondary N) is 1. The van der Waals surface area contributed by atoms with Gasteiger partial charge in [0.15, 0.2) is 0 Å². The van der Waals surface area contributed by atoms with Crippen LogP contribution in [0.15, 0.2) is 84.6 Å². The number of rotatable bonds is 7. The number of para-hydroxylation sites is 1. The molecule has 0 radical (unpaired) electrons. The summed E-state index contributed by atoms with van der Waals surface area (Å²) in [7, 11) is 3.11. The SMILES string of the molecule is COc1ccc(C(O)=C2C(=O)C(=O)N(CCc3c[nH]c4ccccc34)[C@@H]2c2cccc(OC)c2)cc1. The molecule has 0 saturated carbocycles. The second-order valence-electron chi connectivity index (χ2n) is 8.61. The number of aromatic amines is 1. The molecule has 1 aromatic heterocycles. The molecule has 7 heteroatoms. The van der Waals surface area contributed by atoms with E-state index in [4.69, 9.17) is 9.47 Å². The van der Waals surface area contributed by atoms with Gasteiger partial charge in [0, 0.05) is 29.2 Å². The van der Waals surface area contributed by atoms with E-state index in [0.29, 0.717) is 35.6 Å². The van der Waals surface area contributed by atoms with Crippen LogP contribution >= 0.6 is 0 Å². The first-order valence-corrected chi connectivity index (χ1v) is 11.6. The van der Waals surface area contributed by atoms with Crippen molar-refractivity contribution in [2.45, 2.75) is 12.5 Å². The topological polar surface area (TPSA) is 91.9 Å². The highest BCUT2D eigenvalue weighted by atomic mass is 16.5. The molecule has 1 aliphatic rings. The Balaban J connectivity index is 1.57. The van der Waals surface area contributed by atoms with Gasteiger partial charge in [-0.1, -0.05) is 30.3 Å². The molecule has 36 heavy (non-hydrogen) atoms. The first-order valence-electron chi connectivity index (χ1n) is 11.6. The van der Waals surface area contributed by atoms with E-state index in [1.165, 1.54) is 4.90 Å². The van der Waals surface area contributed by atoms with Gasteiger partial charge in [-0.05, 0) is 60.0 Å². The number of methoxy groups -OCH3 is 2. The molecule has 3 aromatic carbocycles. The van der Waals surface area contributed by atoms with E-state index in [1.807, 2.05) is 36.5 Å². The molecular weight excluding hydrogens is 456 g/mol. The van der Waals surface area contributed by atoms with E-state index in [9.17, 15) is 14.7 Å². The summed E-state index contributed by atoms with van der Waals surface area (Å²) in [5.74, 6) is -0.361. The fourth-order valence-corrected chi connectivity index (χ4v) is 4.75. The lowest BCUT2D eigenvalue weighted by Crippen LogP contribution is -2.31. The molecular formula is C29H26N2O5. The molecule has 182 valence electrons. The maximum Gasteiger partial charge on any atom is 0.295 e. The number of likely N-dealkylation sites (tertiary alicyclic amines) is 1. The van der Waals surface area contributed by atoms with Crippen LogP contribution in [-0.4, -0.2) is 47.4 Å². The summed E-state index contributed by atoms with van der Waals surface area (Å²) in [4.78, 5) is 31.4. The Bertz CT molecular complexity index is 1470. The lowest BCUT2D eigenvalue weighted by atomic mass is 9.95. The van der Waals surface area contributed by atoms with Crippen LogP contribution in [0.5, 0.6) is 11.5 Å². The predicted octanol–water partition coefficient (Wildman–Crippen LogP) is 4.85. The summed E-state index contributed by atoms with van der Waals surface area (Å²) >= 11 is 0. The van der Waals surface area contributed by atoms with E-state index in [1.54, 1.807) is 56.7 Å². The molecule has 1 fully saturated rings. The van der Waals surface area contributed by atoms with Gasteiger partial charge in [-0.2, -0.15) is 0 Å². The number of aliphatic hydroxyl groups is 1. The van der Waals surface area contributed by atoms with E-state index in [0.717, 1.165) is 16.5 Å². The maximum absolute atomic E-state index is 13.3. The predicted molar refractivity (Wildman–Crippen MR) is 137 cm³/mol. The normalized spacial score (nSPS) is 17.1. The van der Waals surface area contributed by atoms with Crippen molar-refractivity contribution in [2.75, 3.05) is 20.8 Å². The molecule has 4 aromatic rings. The number of aromatic nitrogens is 1. The lowest BCUT2D eigenvalue weighted by Gasteiger charge is -2.25. The van der Waals surface area contributed by atoms with Crippen molar-refractivity contribution < 1.29 is 24.2 Å². The zero-order valence-corrected chi connectivity index (χ0v) is 20.0. The van der Waals surface area contributed by atoms with E-state index in [-0.39, 0.29) is 11.3 Å². The number of ether oxygens (including phenoxy) is 2. The van der Waals surface area contributed by atoms with Crippen molar-refractivity contribution in [2.24, 2.45) is 0 Å². The van der Waals surface area contributed by atoms with Gasteiger partial charge in [0.05, 0.1) is 25.8 Å². The van der Waals surface area contributed by atoms with Crippen LogP contribution in [-0.2, 0) is 16.0 Å². The van der Waals surface area contributed by atoms with Crippen molar-refractivity contribution in [1.82, 2.24) is 9.88 Å². The largest absolute Gasteiger partial charge is 0.507 e. The van der Waals surface area contributed by atoms with Gasteiger partial charge in [0.2, 0.25) is 0 Å². The van der Waals surface area contributed by atoms with Crippen LogP contribution < -0.4 is 9.47 Å². The Hall–Kier alpha value is -4.52. The van der Waals surface area contributed by atoms with Gasteiger partial charge >= 0.3 is 0 Å². The maximum atomic E-state index is 13.3.